The van der Waals surface area contributed by atoms with Crippen LogP contribution in [0.25, 0.3) is 0 Å². The molecule has 0 aliphatic heterocycles. The summed E-state index contributed by atoms with van der Waals surface area (Å²) in [7, 11) is -4.26. The predicted octanol–water partition coefficient (Wildman–Crippen LogP) is 2.66. The van der Waals surface area contributed by atoms with Crippen LogP contribution < -0.4 is 4.72 Å². The van der Waals surface area contributed by atoms with Crippen LogP contribution in [-0.2, 0) is 16.2 Å². The summed E-state index contributed by atoms with van der Waals surface area (Å²) in [4.78, 5) is 6.10. The van der Waals surface area contributed by atoms with Gasteiger partial charge in [0.15, 0.2) is 11.6 Å². The zero-order chi connectivity index (χ0) is 16.5. The third-order valence-corrected chi connectivity index (χ3v) is 3.93. The maximum absolute atomic E-state index is 12.4. The van der Waals surface area contributed by atoms with Gasteiger partial charge in [-0.3, -0.25) is 9.71 Å². The van der Waals surface area contributed by atoms with Gasteiger partial charge in [0.2, 0.25) is 0 Å². The van der Waals surface area contributed by atoms with E-state index in [0.717, 1.165) is 18.3 Å². The van der Waals surface area contributed by atoms with Crippen molar-refractivity contribution >= 4 is 27.4 Å². The molecule has 0 spiro atoms. The predicted molar refractivity (Wildman–Crippen MR) is 71.0 cm³/mol. The zero-order valence-electron chi connectivity index (χ0n) is 10.5. The highest BCUT2D eigenvalue weighted by Gasteiger charge is 2.32. The molecule has 11 heteroatoms. The van der Waals surface area contributed by atoms with Crippen molar-refractivity contribution in [3.8, 4) is 5.75 Å². The lowest BCUT2D eigenvalue weighted by molar-refractivity contribution is -0.141. The van der Waals surface area contributed by atoms with Gasteiger partial charge in [-0.2, -0.15) is 13.2 Å². The molecule has 118 valence electrons. The maximum Gasteiger partial charge on any atom is 0.433 e. The molecule has 0 radical (unpaired) electrons. The molecule has 0 fully saturated rings. The third kappa shape index (κ3) is 3.57. The Balaban J connectivity index is 2.31. The van der Waals surface area contributed by atoms with Gasteiger partial charge >= 0.3 is 6.18 Å². The van der Waals surface area contributed by atoms with E-state index in [1.54, 1.807) is 0 Å². The number of aromatic nitrogens is 2. The van der Waals surface area contributed by atoms with E-state index in [1.165, 1.54) is 0 Å². The van der Waals surface area contributed by atoms with Gasteiger partial charge < -0.3 is 5.11 Å². The molecule has 2 rings (SSSR count). The second kappa shape index (κ2) is 5.61. The van der Waals surface area contributed by atoms with Crippen molar-refractivity contribution in [1.82, 2.24) is 9.97 Å². The van der Waals surface area contributed by atoms with Crippen LogP contribution in [0.4, 0.5) is 19.0 Å². The van der Waals surface area contributed by atoms with E-state index in [-0.39, 0.29) is 5.02 Å². The van der Waals surface area contributed by atoms with Crippen molar-refractivity contribution in [3.63, 3.8) is 0 Å². The Morgan fingerprint density at radius 3 is 2.36 bits per heavy atom. The van der Waals surface area contributed by atoms with Gasteiger partial charge in [0.1, 0.15) is 10.6 Å². The van der Waals surface area contributed by atoms with Crippen LogP contribution in [0.15, 0.2) is 35.5 Å². The first-order valence-electron chi connectivity index (χ1n) is 5.50. The number of nitrogens with zero attached hydrogens (tertiary/aromatic N) is 2. The molecule has 0 atom stereocenters. The van der Waals surface area contributed by atoms with E-state index >= 15 is 0 Å². The van der Waals surface area contributed by atoms with Crippen LogP contribution in [-0.4, -0.2) is 23.5 Å². The van der Waals surface area contributed by atoms with E-state index in [4.69, 9.17) is 11.6 Å². The number of pyridine rings is 2. The molecule has 2 N–H and O–H groups in total. The Morgan fingerprint density at radius 2 is 1.86 bits per heavy atom. The second-order valence-corrected chi connectivity index (χ2v) is 6.12. The molecule has 0 unspecified atom stereocenters. The molecule has 2 aromatic rings. The maximum atomic E-state index is 12.4. The van der Waals surface area contributed by atoms with Crippen LogP contribution in [0.3, 0.4) is 0 Å². The number of anilines is 1. The Labute approximate surface area is 127 Å². The Kier molecular flexibility index (Phi) is 4.16. The number of alkyl halides is 3. The number of nitrogens with one attached hydrogen (secondary N) is 1. The molecule has 0 bridgehead atoms. The van der Waals surface area contributed by atoms with Crippen molar-refractivity contribution in [1.29, 1.82) is 0 Å². The second-order valence-electron chi connectivity index (χ2n) is 4.00. The van der Waals surface area contributed by atoms with Gasteiger partial charge in [-0.1, -0.05) is 11.6 Å². The van der Waals surface area contributed by atoms with Gasteiger partial charge in [-0.05, 0) is 12.1 Å². The molecule has 0 aliphatic rings. The highest BCUT2D eigenvalue weighted by atomic mass is 35.5. The van der Waals surface area contributed by atoms with Crippen molar-refractivity contribution in [2.75, 3.05) is 4.72 Å². The normalized spacial score (nSPS) is 12.2. The summed E-state index contributed by atoms with van der Waals surface area (Å²) in [5.41, 5.74) is -1.22. The topological polar surface area (TPSA) is 92.2 Å². The fraction of sp³-hybridized carbons (Fsp3) is 0.0909. The first-order valence-corrected chi connectivity index (χ1v) is 7.36. The van der Waals surface area contributed by atoms with Gasteiger partial charge in [-0.15, -0.1) is 0 Å². The quantitative estimate of drug-likeness (QED) is 0.885. The molecule has 2 heterocycles. The number of hydrogen-bond acceptors (Lipinski definition) is 5. The lowest BCUT2D eigenvalue weighted by Crippen LogP contribution is -2.15. The highest BCUT2D eigenvalue weighted by molar-refractivity contribution is 7.92. The Morgan fingerprint density at radius 1 is 1.18 bits per heavy atom. The Hall–Kier alpha value is -2.07. The molecule has 0 saturated heterocycles. The lowest BCUT2D eigenvalue weighted by Gasteiger charge is -2.10. The first-order chi connectivity index (χ1) is 10.1. The molecule has 0 aliphatic carbocycles. The number of halogens is 4. The zero-order valence-corrected chi connectivity index (χ0v) is 12.0. The van der Waals surface area contributed by atoms with Crippen molar-refractivity contribution < 1.29 is 26.7 Å². The van der Waals surface area contributed by atoms with Gasteiger partial charge in [0.25, 0.3) is 10.0 Å². The summed E-state index contributed by atoms with van der Waals surface area (Å²) >= 11 is 5.55. The first kappa shape index (κ1) is 16.3. The standard InChI is InChI=1S/C11H7ClF3N3O3S/c12-6-3-8(19)10(17-4-6)18-22(20,21)7-1-2-9(16-5-7)11(13,14)15/h1-5,19H,(H,17,18). The minimum atomic E-state index is -4.67. The summed E-state index contributed by atoms with van der Waals surface area (Å²) in [6.45, 7) is 0. The fourth-order valence-electron chi connectivity index (χ4n) is 1.40. The summed E-state index contributed by atoms with van der Waals surface area (Å²) in [5.74, 6) is -0.944. The average Bonchev–Trinajstić information content (AvgIpc) is 2.41. The number of rotatable bonds is 3. The number of hydrogen-bond donors (Lipinski definition) is 2. The monoisotopic (exact) mass is 353 g/mol. The Bertz CT molecular complexity index is 794. The summed E-state index contributed by atoms with van der Waals surface area (Å²) in [6.07, 6.45) is -3.03. The molecular weight excluding hydrogens is 347 g/mol. The molecule has 2 aromatic heterocycles. The molecule has 0 amide bonds. The average molecular weight is 354 g/mol. The minimum Gasteiger partial charge on any atom is -0.504 e. The SMILES string of the molecule is O=S(=O)(Nc1ncc(Cl)cc1O)c1ccc(C(F)(F)F)nc1. The van der Waals surface area contributed by atoms with E-state index in [0.29, 0.717) is 12.3 Å². The van der Waals surface area contributed by atoms with Crippen molar-refractivity contribution in [3.05, 3.63) is 41.3 Å². The van der Waals surface area contributed by atoms with Gasteiger partial charge in [-0.25, -0.2) is 13.4 Å². The molecule has 0 saturated carbocycles. The van der Waals surface area contributed by atoms with Crippen molar-refractivity contribution in [2.24, 2.45) is 0 Å². The van der Waals surface area contributed by atoms with E-state index in [2.05, 4.69) is 9.97 Å². The summed E-state index contributed by atoms with van der Waals surface area (Å²) in [6, 6.07) is 2.33. The number of aromatic hydroxyl groups is 1. The third-order valence-electron chi connectivity index (χ3n) is 2.40. The summed E-state index contributed by atoms with van der Waals surface area (Å²) in [5, 5.41) is 9.59. The largest absolute Gasteiger partial charge is 0.504 e. The van der Waals surface area contributed by atoms with Crippen LogP contribution in [0.2, 0.25) is 5.02 Å². The van der Waals surface area contributed by atoms with Crippen LogP contribution in [0, 0.1) is 0 Å². The molecular formula is C11H7ClF3N3O3S. The molecule has 22 heavy (non-hydrogen) atoms. The molecule has 0 aromatic carbocycles. The van der Waals surface area contributed by atoms with E-state index in [1.807, 2.05) is 4.72 Å². The fourth-order valence-corrected chi connectivity index (χ4v) is 2.52. The van der Waals surface area contributed by atoms with E-state index < -0.39 is 38.4 Å². The number of sulfonamides is 1. The van der Waals surface area contributed by atoms with Crippen LogP contribution in [0.1, 0.15) is 5.69 Å². The molecule has 6 nitrogen and oxygen atoms in total. The van der Waals surface area contributed by atoms with Crippen molar-refractivity contribution in [2.45, 2.75) is 11.1 Å². The highest BCUT2D eigenvalue weighted by Crippen LogP contribution is 2.29. The van der Waals surface area contributed by atoms with Gasteiger partial charge in [0.05, 0.1) is 5.02 Å². The minimum absolute atomic E-state index is 0.0802. The summed E-state index contributed by atoms with van der Waals surface area (Å²) < 4.78 is 63.0. The smallest absolute Gasteiger partial charge is 0.433 e. The van der Waals surface area contributed by atoms with E-state index in [9.17, 15) is 26.7 Å². The van der Waals surface area contributed by atoms with Crippen LogP contribution >= 0.6 is 11.6 Å². The lowest BCUT2D eigenvalue weighted by atomic mass is 10.3. The van der Waals surface area contributed by atoms with Crippen LogP contribution in [0.5, 0.6) is 5.75 Å². The van der Waals surface area contributed by atoms with Gasteiger partial charge in [0, 0.05) is 18.5 Å².